The maximum atomic E-state index is 12.9. The second-order valence-electron chi connectivity index (χ2n) is 7.55. The molecule has 4 rings (SSSR count). The van der Waals surface area contributed by atoms with Crippen LogP contribution in [0.1, 0.15) is 52.5 Å². The van der Waals surface area contributed by atoms with Gasteiger partial charge >= 0.3 is 0 Å². The topological polar surface area (TPSA) is 79.7 Å². The summed E-state index contributed by atoms with van der Waals surface area (Å²) in [6, 6.07) is 0. The highest BCUT2D eigenvalue weighted by atomic mass is 16.5. The van der Waals surface area contributed by atoms with E-state index in [1.54, 1.807) is 0 Å². The van der Waals surface area contributed by atoms with E-state index in [4.69, 9.17) is 4.74 Å². The highest BCUT2D eigenvalue weighted by Crippen LogP contribution is 2.23. The van der Waals surface area contributed by atoms with Crippen molar-refractivity contribution in [1.82, 2.24) is 24.7 Å². The largest absolute Gasteiger partial charge is 0.379 e. The fourth-order valence-electron chi connectivity index (χ4n) is 4.19. The Labute approximate surface area is 159 Å². The monoisotopic (exact) mass is 375 g/mol. The summed E-state index contributed by atoms with van der Waals surface area (Å²) in [4.78, 5) is 34.3. The molecular formula is C19H29N5O3. The molecule has 3 aliphatic rings. The number of rotatable bonds is 5. The first kappa shape index (κ1) is 18.4. The molecule has 3 aliphatic heterocycles. The summed E-state index contributed by atoms with van der Waals surface area (Å²) in [6.45, 7) is 7.07. The lowest BCUT2D eigenvalue weighted by molar-refractivity contribution is 0.0383. The molecule has 2 saturated heterocycles. The number of carbonyl (C=O) groups excluding carboxylic acids is 2. The second kappa shape index (κ2) is 8.39. The summed E-state index contributed by atoms with van der Waals surface area (Å²) >= 11 is 0. The van der Waals surface area contributed by atoms with Gasteiger partial charge in [-0.2, -0.15) is 0 Å². The van der Waals surface area contributed by atoms with E-state index in [1.807, 2.05) is 9.47 Å². The molecular weight excluding hydrogens is 346 g/mol. The fraction of sp³-hybridized carbons (Fsp3) is 0.737. The molecule has 0 saturated carbocycles. The quantitative estimate of drug-likeness (QED) is 0.812. The van der Waals surface area contributed by atoms with Crippen molar-refractivity contribution in [3.05, 3.63) is 17.2 Å². The maximum absolute atomic E-state index is 12.9. The number of hydrogen-bond acceptors (Lipinski definition) is 5. The molecule has 0 bridgehead atoms. The standard InChI is InChI=1S/C19H29N5O3/c25-18(20-6-10-22-11-13-27-14-12-22)17-21-16(15-5-1-2-9-24(15)17)19(26)23-7-3-4-8-23/h1-14H2,(H,20,25). The Hall–Kier alpha value is -1.93. The minimum atomic E-state index is -0.174. The van der Waals surface area contributed by atoms with Crippen molar-refractivity contribution in [2.45, 2.75) is 38.6 Å². The normalized spacial score (nSPS) is 20.5. The number of amides is 2. The molecule has 148 valence electrons. The van der Waals surface area contributed by atoms with Gasteiger partial charge in [-0.3, -0.25) is 14.5 Å². The number of aromatic nitrogens is 2. The van der Waals surface area contributed by atoms with Gasteiger partial charge in [0.25, 0.3) is 11.8 Å². The number of likely N-dealkylation sites (tertiary alicyclic amines) is 1. The van der Waals surface area contributed by atoms with E-state index in [9.17, 15) is 9.59 Å². The van der Waals surface area contributed by atoms with Crippen molar-refractivity contribution in [2.24, 2.45) is 0 Å². The summed E-state index contributed by atoms with van der Waals surface area (Å²) < 4.78 is 7.32. The van der Waals surface area contributed by atoms with Crippen LogP contribution in [-0.4, -0.2) is 83.6 Å². The zero-order chi connectivity index (χ0) is 18.6. The average molecular weight is 375 g/mol. The van der Waals surface area contributed by atoms with Crippen LogP contribution in [0.25, 0.3) is 0 Å². The van der Waals surface area contributed by atoms with Crippen LogP contribution in [0.4, 0.5) is 0 Å². The van der Waals surface area contributed by atoms with Crippen LogP contribution < -0.4 is 5.32 Å². The number of carbonyl (C=O) groups is 2. The molecule has 0 spiro atoms. The lowest BCUT2D eigenvalue weighted by atomic mass is 10.1. The van der Waals surface area contributed by atoms with Gasteiger partial charge in [0.1, 0.15) is 5.69 Å². The first-order valence-electron chi connectivity index (χ1n) is 10.2. The molecule has 1 N–H and O–H groups in total. The van der Waals surface area contributed by atoms with E-state index in [2.05, 4.69) is 15.2 Å². The zero-order valence-electron chi connectivity index (χ0n) is 15.9. The van der Waals surface area contributed by atoms with Crippen molar-refractivity contribution in [1.29, 1.82) is 0 Å². The number of nitrogens with one attached hydrogen (secondary N) is 1. The third kappa shape index (κ3) is 4.01. The van der Waals surface area contributed by atoms with E-state index >= 15 is 0 Å². The number of nitrogens with zero attached hydrogens (tertiary/aromatic N) is 4. The Balaban J connectivity index is 1.44. The molecule has 4 heterocycles. The zero-order valence-corrected chi connectivity index (χ0v) is 15.9. The number of fused-ring (bicyclic) bond motifs is 1. The van der Waals surface area contributed by atoms with Gasteiger partial charge in [0, 0.05) is 45.8 Å². The Kier molecular flexibility index (Phi) is 5.73. The minimum absolute atomic E-state index is 0.00878. The van der Waals surface area contributed by atoms with Crippen LogP contribution in [0.15, 0.2) is 0 Å². The Morgan fingerprint density at radius 2 is 1.74 bits per heavy atom. The van der Waals surface area contributed by atoms with Crippen molar-refractivity contribution in [3.8, 4) is 0 Å². The number of imidazole rings is 1. The van der Waals surface area contributed by atoms with Crippen LogP contribution in [0.3, 0.4) is 0 Å². The Bertz CT molecular complexity index is 690. The molecule has 1 aromatic rings. The summed E-state index contributed by atoms with van der Waals surface area (Å²) in [5, 5.41) is 2.99. The molecule has 8 nitrogen and oxygen atoms in total. The molecule has 0 atom stereocenters. The van der Waals surface area contributed by atoms with E-state index in [0.29, 0.717) is 18.1 Å². The van der Waals surface area contributed by atoms with Gasteiger partial charge in [-0.05, 0) is 32.1 Å². The van der Waals surface area contributed by atoms with E-state index < -0.39 is 0 Å². The van der Waals surface area contributed by atoms with Crippen LogP contribution in [0.2, 0.25) is 0 Å². The number of hydrogen-bond donors (Lipinski definition) is 1. The van der Waals surface area contributed by atoms with Gasteiger partial charge in [-0.1, -0.05) is 0 Å². The smallest absolute Gasteiger partial charge is 0.287 e. The van der Waals surface area contributed by atoms with Crippen LogP contribution in [-0.2, 0) is 17.7 Å². The van der Waals surface area contributed by atoms with E-state index in [0.717, 1.165) is 90.3 Å². The maximum Gasteiger partial charge on any atom is 0.287 e. The first-order valence-corrected chi connectivity index (χ1v) is 10.2. The summed E-state index contributed by atoms with van der Waals surface area (Å²) in [6.07, 6.45) is 5.00. The van der Waals surface area contributed by atoms with Crippen molar-refractivity contribution in [3.63, 3.8) is 0 Å². The molecule has 8 heteroatoms. The molecule has 2 fully saturated rings. The fourth-order valence-corrected chi connectivity index (χ4v) is 4.19. The number of morpholine rings is 1. The van der Waals surface area contributed by atoms with Crippen LogP contribution in [0, 0.1) is 0 Å². The minimum Gasteiger partial charge on any atom is -0.379 e. The molecule has 0 aliphatic carbocycles. The van der Waals surface area contributed by atoms with Crippen molar-refractivity contribution < 1.29 is 14.3 Å². The summed E-state index contributed by atoms with van der Waals surface area (Å²) in [7, 11) is 0. The predicted octanol–water partition coefficient (Wildman–Crippen LogP) is 0.517. The highest BCUT2D eigenvalue weighted by Gasteiger charge is 2.30. The average Bonchev–Trinajstić information content (AvgIpc) is 3.37. The molecule has 1 aromatic heterocycles. The number of ether oxygens (including phenoxy) is 1. The Morgan fingerprint density at radius 1 is 1.00 bits per heavy atom. The molecule has 27 heavy (non-hydrogen) atoms. The Morgan fingerprint density at radius 3 is 2.52 bits per heavy atom. The van der Waals surface area contributed by atoms with Gasteiger partial charge < -0.3 is 19.5 Å². The predicted molar refractivity (Wildman–Crippen MR) is 99.9 cm³/mol. The van der Waals surface area contributed by atoms with Gasteiger partial charge in [0.05, 0.1) is 18.9 Å². The molecule has 0 unspecified atom stereocenters. The summed E-state index contributed by atoms with van der Waals surface area (Å²) in [5.41, 5.74) is 1.44. The van der Waals surface area contributed by atoms with Gasteiger partial charge in [-0.25, -0.2) is 4.98 Å². The first-order chi connectivity index (χ1) is 13.2. The SMILES string of the molecule is O=C(NCCN1CCOCC1)c1nc(C(=O)N2CCCC2)c2n1CCCC2. The van der Waals surface area contributed by atoms with E-state index in [-0.39, 0.29) is 11.8 Å². The van der Waals surface area contributed by atoms with Gasteiger partial charge in [0.15, 0.2) is 5.82 Å². The van der Waals surface area contributed by atoms with Gasteiger partial charge in [-0.15, -0.1) is 0 Å². The third-order valence-corrected chi connectivity index (χ3v) is 5.73. The lowest BCUT2D eigenvalue weighted by Gasteiger charge is -2.26. The lowest BCUT2D eigenvalue weighted by Crippen LogP contribution is -2.41. The van der Waals surface area contributed by atoms with Crippen LogP contribution >= 0.6 is 0 Å². The molecule has 0 radical (unpaired) electrons. The highest BCUT2D eigenvalue weighted by molar-refractivity contribution is 5.97. The third-order valence-electron chi connectivity index (χ3n) is 5.73. The molecule has 2 amide bonds. The summed E-state index contributed by atoms with van der Waals surface area (Å²) in [5.74, 6) is 0.214. The second-order valence-corrected chi connectivity index (χ2v) is 7.55. The van der Waals surface area contributed by atoms with Crippen LogP contribution in [0.5, 0.6) is 0 Å². The van der Waals surface area contributed by atoms with Crippen molar-refractivity contribution >= 4 is 11.8 Å². The van der Waals surface area contributed by atoms with E-state index in [1.165, 1.54) is 0 Å². The van der Waals surface area contributed by atoms with Crippen molar-refractivity contribution in [2.75, 3.05) is 52.5 Å². The van der Waals surface area contributed by atoms with Gasteiger partial charge in [0.2, 0.25) is 0 Å². The molecule has 0 aromatic carbocycles.